The number of rotatable bonds is 4. The minimum Gasteiger partial charge on any atom is -0.494 e. The van der Waals surface area contributed by atoms with Crippen molar-refractivity contribution in [1.82, 2.24) is 0 Å². The van der Waals surface area contributed by atoms with Crippen LogP contribution in [0.1, 0.15) is 0 Å². The van der Waals surface area contributed by atoms with Gasteiger partial charge in [-0.25, -0.2) is 0 Å². The molecule has 104 valence electrons. The van der Waals surface area contributed by atoms with E-state index in [0.717, 1.165) is 21.8 Å². The lowest BCUT2D eigenvalue weighted by Gasteiger charge is -2.00. The van der Waals surface area contributed by atoms with Crippen molar-refractivity contribution in [1.29, 1.82) is 0 Å². The first kappa shape index (κ1) is 14.8. The first-order valence-electron chi connectivity index (χ1n) is 5.14. The van der Waals surface area contributed by atoms with Gasteiger partial charge in [-0.3, -0.25) is 0 Å². The topological polar surface area (TPSA) is 89.5 Å². The van der Waals surface area contributed by atoms with Crippen LogP contribution in [0.2, 0.25) is 0 Å². The molecule has 10 heteroatoms. The number of hydrogen-bond acceptors (Lipinski definition) is 8. The molecule has 7 nitrogen and oxygen atoms in total. The number of para-hydroxylation sites is 1. The molecule has 0 bridgehead atoms. The van der Waals surface area contributed by atoms with Gasteiger partial charge in [-0.05, 0) is 33.0 Å². The van der Waals surface area contributed by atoms with Gasteiger partial charge in [0.2, 0.25) is 0 Å². The van der Waals surface area contributed by atoms with Crippen molar-refractivity contribution in [2.24, 2.45) is 14.6 Å². The van der Waals surface area contributed by atoms with Crippen LogP contribution in [0.25, 0.3) is 0 Å². The Kier molecular flexibility index (Phi) is 4.99. The molecular weight excluding hydrogens is 324 g/mol. The van der Waals surface area contributed by atoms with E-state index in [0.29, 0.717) is 11.4 Å². The van der Waals surface area contributed by atoms with Gasteiger partial charge in [-0.2, -0.15) is 4.40 Å². The lowest BCUT2D eigenvalue weighted by molar-refractivity contribution is -0.426. The molecule has 0 radical (unpaired) electrons. The normalized spacial score (nSPS) is 17.2. The summed E-state index contributed by atoms with van der Waals surface area (Å²) in [5.41, 5.74) is 0.388. The summed E-state index contributed by atoms with van der Waals surface area (Å²) in [5, 5.41) is 18.6. The van der Waals surface area contributed by atoms with Gasteiger partial charge in [0.15, 0.2) is 15.8 Å². The molecule has 1 aromatic carbocycles. The summed E-state index contributed by atoms with van der Waals surface area (Å²) in [6.07, 6.45) is 0. The molecule has 0 aromatic heterocycles. The van der Waals surface area contributed by atoms with Crippen molar-refractivity contribution in [2.45, 2.75) is 0 Å². The van der Waals surface area contributed by atoms with Gasteiger partial charge in [-0.1, -0.05) is 23.7 Å². The second-order valence-electron chi connectivity index (χ2n) is 3.32. The van der Waals surface area contributed by atoms with Crippen LogP contribution in [0.3, 0.4) is 0 Å². The molecule has 20 heavy (non-hydrogen) atoms. The van der Waals surface area contributed by atoms with Crippen molar-refractivity contribution >= 4 is 44.2 Å². The summed E-state index contributed by atoms with van der Waals surface area (Å²) < 4.78 is 8.87. The van der Waals surface area contributed by atoms with E-state index in [1.807, 2.05) is 0 Å². The van der Waals surface area contributed by atoms with Gasteiger partial charge in [0.05, 0.1) is 23.2 Å². The van der Waals surface area contributed by atoms with E-state index in [1.165, 1.54) is 7.11 Å². The van der Waals surface area contributed by atoms with Crippen molar-refractivity contribution in [2.75, 3.05) is 7.11 Å². The molecule has 2 rings (SSSR count). The molecule has 0 saturated carbocycles. The molecule has 0 saturated heterocycles. The van der Waals surface area contributed by atoms with E-state index in [9.17, 15) is 10.1 Å². The number of allylic oxidation sites excluding steroid dienone is 1. The molecule has 0 amide bonds. The average molecular weight is 331 g/mol. The van der Waals surface area contributed by atoms with E-state index >= 15 is 0 Å². The van der Waals surface area contributed by atoms with E-state index < -0.39 is 10.7 Å². The van der Waals surface area contributed by atoms with Gasteiger partial charge >= 0.3 is 5.82 Å². The predicted octanol–water partition coefficient (Wildman–Crippen LogP) is 4.17. The molecule has 0 N–H and O–H groups in total. The maximum absolute atomic E-state index is 11.0. The predicted molar refractivity (Wildman–Crippen MR) is 80.0 cm³/mol. The summed E-state index contributed by atoms with van der Waals surface area (Å²) >= 11 is 5.78. The minimum atomic E-state index is -0.648. The summed E-state index contributed by atoms with van der Waals surface area (Å²) in [5.74, 6) is 0.0248. The van der Waals surface area contributed by atoms with Gasteiger partial charge in [-0.15, -0.1) is 0 Å². The average Bonchev–Trinajstić information content (AvgIpc) is 2.85. The van der Waals surface area contributed by atoms with Gasteiger partial charge < -0.3 is 14.9 Å². The largest absolute Gasteiger partial charge is 0.494 e. The van der Waals surface area contributed by atoms with E-state index in [2.05, 4.69) is 14.6 Å². The molecule has 0 atom stereocenters. The van der Waals surface area contributed by atoms with Crippen LogP contribution in [-0.2, 0) is 0 Å². The molecule has 0 aliphatic carbocycles. The highest BCUT2D eigenvalue weighted by molar-refractivity contribution is 8.78. The first-order valence-corrected chi connectivity index (χ1v) is 7.63. The Balaban J connectivity index is 2.37. The van der Waals surface area contributed by atoms with Crippen LogP contribution in [0.5, 0.6) is 5.75 Å². The van der Waals surface area contributed by atoms with Gasteiger partial charge in [0.25, 0.3) is 0 Å². The van der Waals surface area contributed by atoms with Crippen LogP contribution >= 0.6 is 33.4 Å². The number of nitrogens with zero attached hydrogens (tertiary/aromatic N) is 4. The summed E-state index contributed by atoms with van der Waals surface area (Å²) in [4.78, 5) is 10.6. The lowest BCUT2D eigenvalue weighted by Crippen LogP contribution is -2.01. The Bertz CT molecular complexity index is 633. The van der Waals surface area contributed by atoms with Gasteiger partial charge in [0.1, 0.15) is 5.75 Å². The number of nitro groups is 1. The Morgan fingerprint density at radius 1 is 1.50 bits per heavy atom. The molecule has 0 spiro atoms. The van der Waals surface area contributed by atoms with Crippen LogP contribution in [0.4, 0.5) is 5.69 Å². The van der Waals surface area contributed by atoms with Crippen LogP contribution < -0.4 is 4.74 Å². The SMILES string of the molecule is COc1ccccc1N=N/C(=C1\SSN=C1Cl)[N+](=O)[O-]. The molecule has 1 aliphatic heterocycles. The zero-order valence-corrected chi connectivity index (χ0v) is 12.4. The van der Waals surface area contributed by atoms with E-state index in [4.69, 9.17) is 16.3 Å². The third kappa shape index (κ3) is 3.30. The Morgan fingerprint density at radius 2 is 2.25 bits per heavy atom. The molecule has 0 fully saturated rings. The fourth-order valence-corrected chi connectivity index (χ4v) is 3.49. The third-order valence-corrected chi connectivity index (χ3v) is 4.45. The third-order valence-electron chi connectivity index (χ3n) is 2.14. The molecule has 1 heterocycles. The minimum absolute atomic E-state index is 0.0469. The van der Waals surface area contributed by atoms with Crippen LogP contribution in [0.15, 0.2) is 49.6 Å². The summed E-state index contributed by atoms with van der Waals surface area (Å²) in [6, 6.07) is 6.81. The second kappa shape index (κ2) is 6.73. The number of halogens is 1. The standard InChI is InChI=1S/C10H7ClN4O3S2/c1-18-7-5-3-2-4-6(7)12-13-10(15(16)17)8-9(11)14-20-19-8/h2-5H,1H3/b10-8+,13-12?. The quantitative estimate of drug-likeness (QED) is 0.272. The second-order valence-corrected chi connectivity index (χ2v) is 5.53. The zero-order valence-electron chi connectivity index (χ0n) is 10.0. The summed E-state index contributed by atoms with van der Waals surface area (Å²) in [6.45, 7) is 0. The van der Waals surface area contributed by atoms with Crippen molar-refractivity contribution in [3.05, 3.63) is 45.1 Å². The maximum atomic E-state index is 11.0. The smallest absolute Gasteiger partial charge is 0.408 e. The fraction of sp³-hybridized carbons (Fsp3) is 0.100. The molecule has 1 aromatic rings. The Morgan fingerprint density at radius 3 is 2.85 bits per heavy atom. The van der Waals surface area contributed by atoms with Crippen LogP contribution in [0, 0.1) is 10.1 Å². The monoisotopic (exact) mass is 330 g/mol. The number of benzene rings is 1. The van der Waals surface area contributed by atoms with Crippen molar-refractivity contribution < 1.29 is 9.66 Å². The number of hydrogen-bond donors (Lipinski definition) is 0. The van der Waals surface area contributed by atoms with Crippen LogP contribution in [-0.4, -0.2) is 17.2 Å². The molecule has 1 aliphatic rings. The number of azo groups is 1. The zero-order chi connectivity index (χ0) is 14.5. The van der Waals surface area contributed by atoms with E-state index in [-0.39, 0.29) is 10.1 Å². The molecule has 0 unspecified atom stereocenters. The Hall–Kier alpha value is -1.58. The summed E-state index contributed by atoms with van der Waals surface area (Å²) in [7, 11) is 3.60. The highest BCUT2D eigenvalue weighted by Gasteiger charge is 2.27. The van der Waals surface area contributed by atoms with Crippen molar-refractivity contribution in [3.63, 3.8) is 0 Å². The van der Waals surface area contributed by atoms with Crippen molar-refractivity contribution in [3.8, 4) is 5.75 Å². The van der Waals surface area contributed by atoms with Gasteiger partial charge in [0, 0.05) is 0 Å². The number of methoxy groups -OCH3 is 1. The number of ether oxygens (including phenoxy) is 1. The maximum Gasteiger partial charge on any atom is 0.408 e. The Labute approximate surface area is 126 Å². The highest BCUT2D eigenvalue weighted by Crippen LogP contribution is 2.42. The lowest BCUT2D eigenvalue weighted by atomic mass is 10.3. The highest BCUT2D eigenvalue weighted by atomic mass is 35.5. The molecular formula is C10H7ClN4O3S2. The fourth-order valence-electron chi connectivity index (χ4n) is 1.27. The first-order chi connectivity index (χ1) is 9.63. The van der Waals surface area contributed by atoms with E-state index in [1.54, 1.807) is 24.3 Å².